The van der Waals surface area contributed by atoms with Crippen LogP contribution in [-0.2, 0) is 13.1 Å². The van der Waals surface area contributed by atoms with Crippen LogP contribution in [0.25, 0.3) is 0 Å². The third-order valence-corrected chi connectivity index (χ3v) is 3.52. The first-order valence-electron chi connectivity index (χ1n) is 5.58. The molecule has 2 N–H and O–H groups in total. The third kappa shape index (κ3) is 4.78. The van der Waals surface area contributed by atoms with Crippen molar-refractivity contribution in [3.8, 4) is 0 Å². The van der Waals surface area contributed by atoms with Crippen molar-refractivity contribution in [3.05, 3.63) is 21.9 Å². The van der Waals surface area contributed by atoms with Gasteiger partial charge in [0.05, 0.1) is 0 Å². The maximum Gasteiger partial charge on any atom is 0.0324 e. The second kappa shape index (κ2) is 6.26. The predicted octanol–water partition coefficient (Wildman–Crippen LogP) is 2.68. The monoisotopic (exact) mass is 226 g/mol. The van der Waals surface area contributed by atoms with Gasteiger partial charge >= 0.3 is 0 Å². The van der Waals surface area contributed by atoms with E-state index in [9.17, 15) is 0 Å². The van der Waals surface area contributed by atoms with E-state index in [4.69, 9.17) is 5.73 Å². The van der Waals surface area contributed by atoms with Crippen molar-refractivity contribution >= 4 is 11.3 Å². The second-order valence-corrected chi connectivity index (χ2v) is 5.75. The van der Waals surface area contributed by atoms with Crippen LogP contribution < -0.4 is 5.73 Å². The second-order valence-electron chi connectivity index (χ2n) is 4.49. The Morgan fingerprint density at radius 1 is 1.33 bits per heavy atom. The molecule has 0 unspecified atom stereocenters. The van der Waals surface area contributed by atoms with Crippen LogP contribution in [0.1, 0.15) is 30.0 Å². The summed E-state index contributed by atoms with van der Waals surface area (Å²) >= 11 is 1.83. The van der Waals surface area contributed by atoms with E-state index in [1.807, 2.05) is 11.3 Å². The van der Waals surface area contributed by atoms with E-state index >= 15 is 0 Å². The highest BCUT2D eigenvalue weighted by molar-refractivity contribution is 7.11. The molecule has 0 aromatic carbocycles. The van der Waals surface area contributed by atoms with Gasteiger partial charge in [0.15, 0.2) is 0 Å². The lowest BCUT2D eigenvalue weighted by molar-refractivity contribution is 0.306. The summed E-state index contributed by atoms with van der Waals surface area (Å²) in [4.78, 5) is 5.08. The zero-order valence-electron chi connectivity index (χ0n) is 9.99. The molecule has 0 aliphatic carbocycles. The summed E-state index contributed by atoms with van der Waals surface area (Å²) in [5.41, 5.74) is 5.59. The van der Waals surface area contributed by atoms with Gasteiger partial charge in [0.25, 0.3) is 0 Å². The molecule has 0 aliphatic rings. The molecule has 0 bridgehead atoms. The normalized spacial score (nSPS) is 11.6. The summed E-state index contributed by atoms with van der Waals surface area (Å²) in [7, 11) is 2.18. The van der Waals surface area contributed by atoms with Crippen LogP contribution in [0.4, 0.5) is 0 Å². The van der Waals surface area contributed by atoms with Crippen molar-refractivity contribution in [3.63, 3.8) is 0 Å². The lowest BCUT2D eigenvalue weighted by atomic mass is 10.1. The largest absolute Gasteiger partial charge is 0.326 e. The van der Waals surface area contributed by atoms with Crippen LogP contribution in [0.5, 0.6) is 0 Å². The van der Waals surface area contributed by atoms with Crippen molar-refractivity contribution < 1.29 is 0 Å². The summed E-state index contributed by atoms with van der Waals surface area (Å²) in [5.74, 6) is 0.787. The van der Waals surface area contributed by atoms with Crippen LogP contribution in [0.3, 0.4) is 0 Å². The highest BCUT2D eigenvalue weighted by atomic mass is 32.1. The molecule has 0 fully saturated rings. The molecule has 86 valence electrons. The molecule has 15 heavy (non-hydrogen) atoms. The van der Waals surface area contributed by atoms with Gasteiger partial charge in [-0.05, 0) is 38.1 Å². The van der Waals surface area contributed by atoms with Gasteiger partial charge in [0, 0.05) is 22.8 Å². The molecule has 1 aromatic heterocycles. The topological polar surface area (TPSA) is 29.3 Å². The summed E-state index contributed by atoms with van der Waals surface area (Å²) in [6, 6.07) is 4.33. The minimum atomic E-state index is 0.667. The van der Waals surface area contributed by atoms with Gasteiger partial charge in [-0.1, -0.05) is 13.8 Å². The van der Waals surface area contributed by atoms with Gasteiger partial charge in [-0.3, -0.25) is 0 Å². The molecule has 1 aromatic rings. The Kier molecular flexibility index (Phi) is 5.29. The van der Waals surface area contributed by atoms with Crippen LogP contribution in [0, 0.1) is 5.92 Å². The zero-order chi connectivity index (χ0) is 11.3. The van der Waals surface area contributed by atoms with E-state index in [-0.39, 0.29) is 0 Å². The Bertz CT molecular complexity index is 281. The summed E-state index contributed by atoms with van der Waals surface area (Å²) in [6.07, 6.45) is 1.27. The predicted molar refractivity (Wildman–Crippen MR) is 68.0 cm³/mol. The van der Waals surface area contributed by atoms with E-state index < -0.39 is 0 Å². The number of thiophene rings is 1. The smallest absolute Gasteiger partial charge is 0.0324 e. The Morgan fingerprint density at radius 2 is 2.00 bits per heavy atom. The first-order valence-corrected chi connectivity index (χ1v) is 6.39. The minimum Gasteiger partial charge on any atom is -0.326 e. The molecule has 0 radical (unpaired) electrons. The fourth-order valence-electron chi connectivity index (χ4n) is 1.44. The fourth-order valence-corrected chi connectivity index (χ4v) is 2.42. The standard InChI is InChI=1S/C12H22N2S/c1-10(2)6-7-14(3)9-12-5-4-11(8-13)15-12/h4-5,10H,6-9,13H2,1-3H3. The third-order valence-electron chi connectivity index (χ3n) is 2.43. The van der Waals surface area contributed by atoms with Gasteiger partial charge in [0.1, 0.15) is 0 Å². The number of nitrogens with zero attached hydrogens (tertiary/aromatic N) is 1. The molecule has 0 atom stereocenters. The molecule has 0 amide bonds. The average molecular weight is 226 g/mol. The number of hydrogen-bond donors (Lipinski definition) is 1. The fraction of sp³-hybridized carbons (Fsp3) is 0.667. The lowest BCUT2D eigenvalue weighted by Gasteiger charge is -2.16. The van der Waals surface area contributed by atoms with E-state index in [1.165, 1.54) is 22.7 Å². The quantitative estimate of drug-likeness (QED) is 0.808. The molecule has 2 nitrogen and oxygen atoms in total. The van der Waals surface area contributed by atoms with Gasteiger partial charge < -0.3 is 10.6 Å². The van der Waals surface area contributed by atoms with Crippen LogP contribution >= 0.6 is 11.3 Å². The Morgan fingerprint density at radius 3 is 2.53 bits per heavy atom. The van der Waals surface area contributed by atoms with Crippen molar-refractivity contribution in [2.24, 2.45) is 11.7 Å². The number of nitrogens with two attached hydrogens (primary N) is 1. The van der Waals surface area contributed by atoms with E-state index in [0.717, 1.165) is 12.5 Å². The van der Waals surface area contributed by atoms with Gasteiger partial charge in [0.2, 0.25) is 0 Å². The van der Waals surface area contributed by atoms with E-state index in [0.29, 0.717) is 6.54 Å². The maximum atomic E-state index is 5.59. The molecule has 3 heteroatoms. The van der Waals surface area contributed by atoms with Gasteiger partial charge in [-0.2, -0.15) is 0 Å². The summed E-state index contributed by atoms with van der Waals surface area (Å²) in [6.45, 7) is 7.43. The summed E-state index contributed by atoms with van der Waals surface area (Å²) < 4.78 is 0. The molecular weight excluding hydrogens is 204 g/mol. The van der Waals surface area contributed by atoms with Crippen LogP contribution in [-0.4, -0.2) is 18.5 Å². The molecule has 0 saturated heterocycles. The van der Waals surface area contributed by atoms with Gasteiger partial charge in [-0.15, -0.1) is 11.3 Å². The lowest BCUT2D eigenvalue weighted by Crippen LogP contribution is -2.19. The Hall–Kier alpha value is -0.380. The molecule has 0 spiro atoms. The van der Waals surface area contributed by atoms with Crippen molar-refractivity contribution in [1.29, 1.82) is 0 Å². The molecular formula is C12H22N2S. The number of hydrogen-bond acceptors (Lipinski definition) is 3. The van der Waals surface area contributed by atoms with Crippen molar-refractivity contribution in [2.75, 3.05) is 13.6 Å². The van der Waals surface area contributed by atoms with Crippen LogP contribution in [0.15, 0.2) is 12.1 Å². The molecule has 1 heterocycles. The van der Waals surface area contributed by atoms with Crippen LogP contribution in [0.2, 0.25) is 0 Å². The maximum absolute atomic E-state index is 5.59. The molecule has 0 saturated carbocycles. The number of rotatable bonds is 6. The highest BCUT2D eigenvalue weighted by Crippen LogP contribution is 2.17. The average Bonchev–Trinajstić information content (AvgIpc) is 2.62. The first-order chi connectivity index (χ1) is 7.11. The minimum absolute atomic E-state index is 0.667. The Labute approximate surface area is 97.1 Å². The SMILES string of the molecule is CC(C)CCN(C)Cc1ccc(CN)s1. The summed E-state index contributed by atoms with van der Waals surface area (Å²) in [5, 5.41) is 0. The van der Waals surface area contributed by atoms with Crippen molar-refractivity contribution in [2.45, 2.75) is 33.4 Å². The van der Waals surface area contributed by atoms with Gasteiger partial charge in [-0.25, -0.2) is 0 Å². The molecule has 0 aliphatic heterocycles. The Balaban J connectivity index is 2.33. The molecule has 1 rings (SSSR count). The van der Waals surface area contributed by atoms with E-state index in [1.54, 1.807) is 0 Å². The van der Waals surface area contributed by atoms with Crippen molar-refractivity contribution in [1.82, 2.24) is 4.90 Å². The highest BCUT2D eigenvalue weighted by Gasteiger charge is 2.04. The zero-order valence-corrected chi connectivity index (χ0v) is 10.8. The van der Waals surface area contributed by atoms with E-state index in [2.05, 4.69) is 37.9 Å². The first kappa shape index (κ1) is 12.7.